The van der Waals surface area contributed by atoms with E-state index in [4.69, 9.17) is 13.3 Å². The first-order valence-corrected chi connectivity index (χ1v) is 13.4. The number of nitrogens with zero attached hydrogens (tertiary/aromatic N) is 1. The highest BCUT2D eigenvalue weighted by atomic mass is 28.4. The molecule has 0 bridgehead atoms. The molecule has 0 atom stereocenters. The van der Waals surface area contributed by atoms with Crippen LogP contribution in [0.5, 0.6) is 0 Å². The molecule has 21 heavy (non-hydrogen) atoms. The maximum absolute atomic E-state index is 5.99. The summed E-state index contributed by atoms with van der Waals surface area (Å²) in [6.45, 7) is 11.2. The highest BCUT2D eigenvalue weighted by Gasteiger charge is 2.44. The lowest BCUT2D eigenvalue weighted by Crippen LogP contribution is -2.58. The van der Waals surface area contributed by atoms with Gasteiger partial charge in [0.05, 0.1) is 0 Å². The van der Waals surface area contributed by atoms with Crippen molar-refractivity contribution in [3.63, 3.8) is 0 Å². The fraction of sp³-hybridized carbons (Fsp3) is 1.00. The lowest BCUT2D eigenvalue weighted by atomic mass is 10.3. The van der Waals surface area contributed by atoms with Crippen LogP contribution < -0.4 is 0 Å². The summed E-state index contributed by atoms with van der Waals surface area (Å²) in [6, 6.07) is 2.09. The van der Waals surface area contributed by atoms with Gasteiger partial charge in [0, 0.05) is 27.4 Å². The number of unbranched alkanes of at least 4 members (excludes halogenated alkanes) is 2. The van der Waals surface area contributed by atoms with Gasteiger partial charge >= 0.3 is 8.72 Å². The first-order chi connectivity index (χ1) is 9.91. The summed E-state index contributed by atoms with van der Waals surface area (Å²) in [5, 5.41) is 0. The van der Waals surface area contributed by atoms with E-state index in [0.29, 0.717) is 0 Å². The summed E-state index contributed by atoms with van der Waals surface area (Å²) in [5.41, 5.74) is 0. The number of rotatable bonds is 13. The van der Waals surface area contributed by atoms with E-state index in [1.807, 2.05) is 21.3 Å². The Morgan fingerprint density at radius 1 is 0.762 bits per heavy atom. The minimum Gasteiger partial charge on any atom is -0.420 e. The number of hydrogen-bond acceptors (Lipinski definition) is 4. The summed E-state index contributed by atoms with van der Waals surface area (Å²) in [6.07, 6.45) is 4.82. The van der Waals surface area contributed by atoms with Crippen molar-refractivity contribution in [2.75, 3.05) is 34.4 Å². The zero-order chi connectivity index (χ0) is 16.4. The van der Waals surface area contributed by atoms with Crippen LogP contribution in [0.2, 0.25) is 25.2 Å². The third-order valence-corrected chi connectivity index (χ3v) is 10.9. The van der Waals surface area contributed by atoms with Crippen LogP contribution in [0.15, 0.2) is 0 Å². The molecule has 0 aliphatic carbocycles. The molecule has 0 aromatic heterocycles. The Kier molecular flexibility index (Phi) is 11.1. The van der Waals surface area contributed by atoms with Crippen molar-refractivity contribution in [3.05, 3.63) is 0 Å². The molecule has 0 saturated heterocycles. The predicted octanol–water partition coefficient (Wildman–Crippen LogP) is 3.97. The van der Waals surface area contributed by atoms with E-state index in [-0.39, 0.29) is 0 Å². The molecule has 0 spiro atoms. The van der Waals surface area contributed by atoms with Gasteiger partial charge in [-0.25, -0.2) is 0 Å². The Morgan fingerprint density at radius 3 is 1.57 bits per heavy atom. The van der Waals surface area contributed by atoms with Crippen molar-refractivity contribution in [3.8, 4) is 0 Å². The first kappa shape index (κ1) is 21.3. The van der Waals surface area contributed by atoms with Crippen LogP contribution in [0.1, 0.15) is 39.5 Å². The van der Waals surface area contributed by atoms with Crippen LogP contribution in [0.4, 0.5) is 0 Å². The summed E-state index contributed by atoms with van der Waals surface area (Å²) in [5.74, 6) is 0. The maximum Gasteiger partial charge on any atom is 0.427 e. The largest absolute Gasteiger partial charge is 0.427 e. The molecule has 0 heterocycles. The molecule has 0 amide bonds. The quantitative estimate of drug-likeness (QED) is 0.477. The molecule has 0 radical (unpaired) electrons. The molecular formula is C15H37NO3Si2. The van der Waals surface area contributed by atoms with E-state index < -0.39 is 17.0 Å². The highest BCUT2D eigenvalue weighted by Crippen LogP contribution is 2.25. The van der Waals surface area contributed by atoms with E-state index in [0.717, 1.165) is 25.2 Å². The van der Waals surface area contributed by atoms with Crippen LogP contribution in [0, 0.1) is 0 Å². The van der Waals surface area contributed by atoms with Crippen LogP contribution in [0.3, 0.4) is 0 Å². The summed E-state index contributed by atoms with van der Waals surface area (Å²) < 4.78 is 20.2. The average Bonchev–Trinajstić information content (AvgIpc) is 2.50. The molecule has 0 N–H and O–H groups in total. The molecule has 0 unspecified atom stereocenters. The van der Waals surface area contributed by atoms with Gasteiger partial charge in [-0.1, -0.05) is 26.7 Å². The molecule has 0 aromatic carbocycles. The van der Waals surface area contributed by atoms with Gasteiger partial charge in [0.15, 0.2) is 8.32 Å². The van der Waals surface area contributed by atoms with Crippen molar-refractivity contribution in [2.24, 2.45) is 0 Å². The van der Waals surface area contributed by atoms with Crippen LogP contribution in [-0.2, 0) is 13.3 Å². The molecule has 6 heteroatoms. The van der Waals surface area contributed by atoms with E-state index in [1.165, 1.54) is 25.7 Å². The fourth-order valence-electron chi connectivity index (χ4n) is 2.42. The summed E-state index contributed by atoms with van der Waals surface area (Å²) in [4.78, 5) is 0. The Hall–Kier alpha value is 0.274. The summed E-state index contributed by atoms with van der Waals surface area (Å²) in [7, 11) is 1.61. The van der Waals surface area contributed by atoms with Crippen molar-refractivity contribution >= 4 is 17.0 Å². The van der Waals surface area contributed by atoms with E-state index in [2.05, 4.69) is 31.5 Å². The van der Waals surface area contributed by atoms with Crippen molar-refractivity contribution < 1.29 is 13.3 Å². The van der Waals surface area contributed by atoms with Crippen LogP contribution in [-0.4, -0.2) is 56.0 Å². The monoisotopic (exact) mass is 335 g/mol. The van der Waals surface area contributed by atoms with Gasteiger partial charge in [-0.3, -0.25) is 4.57 Å². The summed E-state index contributed by atoms with van der Waals surface area (Å²) >= 11 is 0. The predicted molar refractivity (Wildman–Crippen MR) is 95.3 cm³/mol. The lowest BCUT2D eigenvalue weighted by molar-refractivity contribution is 0.159. The van der Waals surface area contributed by atoms with Crippen molar-refractivity contribution in [1.82, 2.24) is 4.57 Å². The average molecular weight is 336 g/mol. The van der Waals surface area contributed by atoms with Crippen molar-refractivity contribution in [1.29, 1.82) is 0 Å². The van der Waals surface area contributed by atoms with Gasteiger partial charge in [-0.15, -0.1) is 0 Å². The van der Waals surface area contributed by atoms with Gasteiger partial charge in [0.25, 0.3) is 0 Å². The smallest absolute Gasteiger partial charge is 0.420 e. The Labute approximate surface area is 134 Å². The normalized spacial score (nSPS) is 13.1. The molecule has 0 rings (SSSR count). The molecule has 4 nitrogen and oxygen atoms in total. The third-order valence-electron chi connectivity index (χ3n) is 4.28. The van der Waals surface area contributed by atoms with Gasteiger partial charge in [0.1, 0.15) is 0 Å². The third kappa shape index (κ3) is 7.39. The van der Waals surface area contributed by atoms with Gasteiger partial charge < -0.3 is 13.3 Å². The zero-order valence-electron chi connectivity index (χ0n) is 15.3. The van der Waals surface area contributed by atoms with Crippen LogP contribution in [0.25, 0.3) is 0 Å². The Morgan fingerprint density at radius 2 is 1.24 bits per heavy atom. The molecule has 0 aromatic rings. The molecular weight excluding hydrogens is 298 g/mol. The van der Waals surface area contributed by atoms with Gasteiger partial charge in [-0.2, -0.15) is 0 Å². The molecule has 0 aliphatic rings. The number of hydrogen-bond donors (Lipinski definition) is 0. The molecule has 0 saturated carbocycles. The standard InChI is InChI=1S/C15H37NO3Si2/c1-8-10-12-16(13-11-9-2)21(18-4,19-5)15-14-20(6,7)17-3/h8-15H2,1-7H3. The van der Waals surface area contributed by atoms with Crippen LogP contribution >= 0.6 is 0 Å². The Bertz CT molecular complexity index is 253. The lowest BCUT2D eigenvalue weighted by Gasteiger charge is -2.39. The van der Waals surface area contributed by atoms with Gasteiger partial charge in [-0.05, 0) is 45.1 Å². The van der Waals surface area contributed by atoms with Crippen molar-refractivity contribution in [2.45, 2.75) is 64.7 Å². The van der Waals surface area contributed by atoms with E-state index >= 15 is 0 Å². The minimum atomic E-state index is -2.29. The Balaban J connectivity index is 4.95. The molecule has 0 fully saturated rings. The minimum absolute atomic E-state index is 1.00. The highest BCUT2D eigenvalue weighted by molar-refractivity contribution is 6.74. The SMILES string of the molecule is CCCCN(CCCC)[Si](CC[Si](C)(C)OC)(OC)OC. The zero-order valence-corrected chi connectivity index (χ0v) is 17.3. The second kappa shape index (κ2) is 10.9. The van der Waals surface area contributed by atoms with E-state index in [1.54, 1.807) is 0 Å². The second-order valence-electron chi connectivity index (χ2n) is 6.28. The fourth-order valence-corrected chi connectivity index (χ4v) is 8.70. The van der Waals surface area contributed by atoms with Gasteiger partial charge in [0.2, 0.25) is 0 Å². The molecule has 0 aliphatic heterocycles. The van der Waals surface area contributed by atoms with E-state index in [9.17, 15) is 0 Å². The topological polar surface area (TPSA) is 30.9 Å². The molecule has 128 valence electrons. The second-order valence-corrected chi connectivity index (χ2v) is 14.1. The first-order valence-electron chi connectivity index (χ1n) is 8.31. The maximum atomic E-state index is 5.99.